The summed E-state index contributed by atoms with van der Waals surface area (Å²) in [4.78, 5) is 4.44. The van der Waals surface area contributed by atoms with Crippen LogP contribution in [0.4, 0.5) is 0 Å². The molecular formula is C15H29N3. The highest BCUT2D eigenvalue weighted by molar-refractivity contribution is 4.94. The van der Waals surface area contributed by atoms with Gasteiger partial charge in [-0.1, -0.05) is 6.92 Å². The van der Waals surface area contributed by atoms with Gasteiger partial charge >= 0.3 is 0 Å². The third kappa shape index (κ3) is 5.21. The van der Waals surface area contributed by atoms with E-state index >= 15 is 0 Å². The number of hydrogen-bond donors (Lipinski definition) is 1. The molecule has 0 saturated carbocycles. The van der Waals surface area contributed by atoms with Crippen LogP contribution in [0.3, 0.4) is 0 Å². The molecule has 0 aliphatic heterocycles. The maximum atomic E-state index is 4.44. The van der Waals surface area contributed by atoms with Gasteiger partial charge in [-0.05, 0) is 53.5 Å². The minimum atomic E-state index is 0.228. The van der Waals surface area contributed by atoms with Crippen LogP contribution in [0.15, 0.2) is 12.4 Å². The Kier molecular flexibility index (Phi) is 5.86. The Bertz CT molecular complexity index is 336. The molecule has 3 nitrogen and oxygen atoms in total. The van der Waals surface area contributed by atoms with Crippen molar-refractivity contribution in [2.24, 2.45) is 0 Å². The molecule has 0 aliphatic rings. The molecule has 104 valence electrons. The first-order valence-corrected chi connectivity index (χ1v) is 7.20. The molecule has 0 saturated heterocycles. The van der Waals surface area contributed by atoms with Crippen LogP contribution >= 0.6 is 0 Å². The van der Waals surface area contributed by atoms with Crippen molar-refractivity contribution in [2.45, 2.75) is 71.9 Å². The lowest BCUT2D eigenvalue weighted by Gasteiger charge is -2.22. The fourth-order valence-electron chi connectivity index (χ4n) is 2.16. The van der Waals surface area contributed by atoms with Crippen LogP contribution in [0.2, 0.25) is 0 Å². The third-order valence-electron chi connectivity index (χ3n) is 3.15. The zero-order valence-corrected chi connectivity index (χ0v) is 12.7. The van der Waals surface area contributed by atoms with E-state index < -0.39 is 0 Å². The second-order valence-corrected chi connectivity index (χ2v) is 6.17. The van der Waals surface area contributed by atoms with Crippen LogP contribution in [0.1, 0.15) is 65.7 Å². The molecule has 0 aromatic carbocycles. The second kappa shape index (κ2) is 6.93. The average Bonchev–Trinajstić information content (AvgIpc) is 2.71. The van der Waals surface area contributed by atoms with Crippen LogP contribution in [0.5, 0.6) is 0 Å². The Morgan fingerprint density at radius 2 is 2.11 bits per heavy atom. The summed E-state index contributed by atoms with van der Waals surface area (Å²) in [6.45, 7) is 12.2. The second-order valence-electron chi connectivity index (χ2n) is 6.17. The number of aromatic nitrogens is 2. The summed E-state index contributed by atoms with van der Waals surface area (Å²) in [6, 6.07) is 0.552. The summed E-state index contributed by atoms with van der Waals surface area (Å²) in [6.07, 6.45) is 8.70. The van der Waals surface area contributed by atoms with E-state index in [9.17, 15) is 0 Å². The minimum absolute atomic E-state index is 0.228. The van der Waals surface area contributed by atoms with Crippen molar-refractivity contribution >= 4 is 0 Å². The molecule has 3 heteroatoms. The summed E-state index contributed by atoms with van der Waals surface area (Å²) in [5.74, 6) is 1.23. The molecule has 0 amide bonds. The van der Waals surface area contributed by atoms with Crippen molar-refractivity contribution in [3.8, 4) is 0 Å². The van der Waals surface area contributed by atoms with Gasteiger partial charge < -0.3 is 9.88 Å². The van der Waals surface area contributed by atoms with Gasteiger partial charge in [0.15, 0.2) is 0 Å². The molecule has 1 aromatic rings. The zero-order chi connectivity index (χ0) is 13.6. The van der Waals surface area contributed by atoms with Crippen molar-refractivity contribution in [2.75, 3.05) is 6.54 Å². The predicted molar refractivity (Wildman–Crippen MR) is 77.9 cm³/mol. The van der Waals surface area contributed by atoms with E-state index in [4.69, 9.17) is 0 Å². The van der Waals surface area contributed by atoms with Gasteiger partial charge in [0.05, 0.1) is 0 Å². The van der Waals surface area contributed by atoms with Gasteiger partial charge in [-0.2, -0.15) is 0 Å². The largest absolute Gasteiger partial charge is 0.332 e. The van der Waals surface area contributed by atoms with Crippen molar-refractivity contribution in [3.05, 3.63) is 18.2 Å². The molecule has 1 heterocycles. The van der Waals surface area contributed by atoms with Gasteiger partial charge in [-0.25, -0.2) is 4.98 Å². The van der Waals surface area contributed by atoms with Gasteiger partial charge in [0.25, 0.3) is 0 Å². The molecule has 0 fully saturated rings. The lowest BCUT2D eigenvalue weighted by molar-refractivity contribution is 0.397. The maximum absolute atomic E-state index is 4.44. The van der Waals surface area contributed by atoms with Gasteiger partial charge in [-0.15, -0.1) is 0 Å². The summed E-state index contributed by atoms with van der Waals surface area (Å²) in [7, 11) is 0. The van der Waals surface area contributed by atoms with Crippen LogP contribution < -0.4 is 5.32 Å². The van der Waals surface area contributed by atoms with Gasteiger partial charge in [0, 0.05) is 30.4 Å². The zero-order valence-electron chi connectivity index (χ0n) is 12.7. The molecule has 1 unspecified atom stereocenters. The van der Waals surface area contributed by atoms with Crippen molar-refractivity contribution < 1.29 is 0 Å². The number of nitrogens with one attached hydrogen (secondary N) is 1. The van der Waals surface area contributed by atoms with Crippen LogP contribution in [0, 0.1) is 0 Å². The minimum Gasteiger partial charge on any atom is -0.332 e. The topological polar surface area (TPSA) is 29.9 Å². The van der Waals surface area contributed by atoms with E-state index in [1.54, 1.807) is 0 Å². The normalized spacial score (nSPS) is 13.8. The van der Waals surface area contributed by atoms with Crippen molar-refractivity contribution in [1.82, 2.24) is 14.9 Å². The number of rotatable bonds is 7. The molecule has 1 atom stereocenters. The summed E-state index contributed by atoms with van der Waals surface area (Å²) in [5, 5.41) is 3.54. The first kappa shape index (κ1) is 15.2. The van der Waals surface area contributed by atoms with Crippen molar-refractivity contribution in [1.29, 1.82) is 0 Å². The van der Waals surface area contributed by atoms with E-state index in [1.807, 2.05) is 6.20 Å². The highest BCUT2D eigenvalue weighted by Crippen LogP contribution is 2.16. The Morgan fingerprint density at radius 1 is 1.39 bits per heavy atom. The molecule has 18 heavy (non-hydrogen) atoms. The number of imidazole rings is 1. The number of nitrogens with zero attached hydrogens (tertiary/aromatic N) is 2. The standard InChI is InChI=1S/C15H29N3/c1-6-8-14-16-11-12-18(14)13(2)9-7-10-17-15(3,4)5/h11-13,17H,6-10H2,1-5H3. The highest BCUT2D eigenvalue weighted by atomic mass is 15.1. The quantitative estimate of drug-likeness (QED) is 0.751. The molecule has 1 aromatic heterocycles. The van der Waals surface area contributed by atoms with Gasteiger partial charge in [-0.3, -0.25) is 0 Å². The molecular weight excluding hydrogens is 222 g/mol. The van der Waals surface area contributed by atoms with Crippen LogP contribution in [0.25, 0.3) is 0 Å². The third-order valence-corrected chi connectivity index (χ3v) is 3.15. The highest BCUT2D eigenvalue weighted by Gasteiger charge is 2.11. The van der Waals surface area contributed by atoms with Crippen molar-refractivity contribution in [3.63, 3.8) is 0 Å². The summed E-state index contributed by atoms with van der Waals surface area (Å²) < 4.78 is 2.33. The molecule has 0 bridgehead atoms. The molecule has 0 radical (unpaired) electrons. The van der Waals surface area contributed by atoms with Crippen LogP contribution in [-0.2, 0) is 6.42 Å². The fourth-order valence-corrected chi connectivity index (χ4v) is 2.16. The number of aryl methyl sites for hydroxylation is 1. The Hall–Kier alpha value is -0.830. The first-order valence-electron chi connectivity index (χ1n) is 7.20. The number of hydrogen-bond acceptors (Lipinski definition) is 2. The van der Waals surface area contributed by atoms with E-state index in [1.165, 1.54) is 18.7 Å². The molecule has 0 aliphatic carbocycles. The Balaban J connectivity index is 2.36. The molecule has 1 rings (SSSR count). The maximum Gasteiger partial charge on any atom is 0.108 e. The first-order chi connectivity index (χ1) is 8.44. The Labute approximate surface area is 112 Å². The molecule has 0 spiro atoms. The average molecular weight is 251 g/mol. The Morgan fingerprint density at radius 3 is 2.72 bits per heavy atom. The molecule has 1 N–H and O–H groups in total. The fraction of sp³-hybridized carbons (Fsp3) is 0.800. The van der Waals surface area contributed by atoms with E-state index in [-0.39, 0.29) is 5.54 Å². The SMILES string of the molecule is CCCc1nccn1C(C)CCCNC(C)(C)C. The van der Waals surface area contributed by atoms with Gasteiger partial charge in [0.1, 0.15) is 5.82 Å². The monoisotopic (exact) mass is 251 g/mol. The lowest BCUT2D eigenvalue weighted by atomic mass is 10.1. The van der Waals surface area contributed by atoms with E-state index in [2.05, 4.69) is 55.7 Å². The predicted octanol–water partition coefficient (Wildman–Crippen LogP) is 3.56. The summed E-state index contributed by atoms with van der Waals surface area (Å²) >= 11 is 0. The van der Waals surface area contributed by atoms with E-state index in [0.717, 1.165) is 19.4 Å². The smallest absolute Gasteiger partial charge is 0.108 e. The van der Waals surface area contributed by atoms with Crippen LogP contribution in [-0.4, -0.2) is 21.6 Å². The summed E-state index contributed by atoms with van der Waals surface area (Å²) in [5.41, 5.74) is 0.228. The lowest BCUT2D eigenvalue weighted by Crippen LogP contribution is -2.36. The van der Waals surface area contributed by atoms with E-state index in [0.29, 0.717) is 6.04 Å². The van der Waals surface area contributed by atoms with Gasteiger partial charge in [0.2, 0.25) is 0 Å².